The molecule has 22 heavy (non-hydrogen) atoms. The molecule has 0 bridgehead atoms. The van der Waals surface area contributed by atoms with Crippen LogP contribution in [0.2, 0.25) is 0 Å². The van der Waals surface area contributed by atoms with Crippen LogP contribution in [0.5, 0.6) is 0 Å². The Balaban J connectivity index is 1.96. The highest BCUT2D eigenvalue weighted by molar-refractivity contribution is 7.11. The number of hydrogen-bond acceptors (Lipinski definition) is 3. The van der Waals surface area contributed by atoms with E-state index in [0.717, 1.165) is 31.2 Å². The molecular formula is C17H24N4S. The Morgan fingerprint density at radius 3 is 2.68 bits per heavy atom. The fourth-order valence-corrected chi connectivity index (χ4v) is 2.96. The van der Waals surface area contributed by atoms with Crippen LogP contribution in [0, 0.1) is 6.92 Å². The Labute approximate surface area is 136 Å². The normalized spacial score (nSPS) is 11.5. The Hall–Kier alpha value is -1.88. The number of hydrogen-bond donors (Lipinski definition) is 2. The number of nitrogens with one attached hydrogen (secondary N) is 2. The topological polar surface area (TPSA) is 49.3 Å². The SMILES string of the molecule is CCNC(=NCc1ncccc1C)NCc1ccc(CC)s1. The predicted octanol–water partition coefficient (Wildman–Crippen LogP) is 3.27. The zero-order valence-corrected chi connectivity index (χ0v) is 14.3. The van der Waals surface area contributed by atoms with Gasteiger partial charge in [0.2, 0.25) is 0 Å². The Bertz CT molecular complexity index is 619. The molecule has 0 saturated carbocycles. The zero-order chi connectivity index (χ0) is 15.8. The van der Waals surface area contributed by atoms with Crippen molar-refractivity contribution in [3.8, 4) is 0 Å². The molecule has 0 amide bonds. The first-order valence-electron chi connectivity index (χ1n) is 7.73. The van der Waals surface area contributed by atoms with Gasteiger partial charge >= 0.3 is 0 Å². The third-order valence-electron chi connectivity index (χ3n) is 3.34. The van der Waals surface area contributed by atoms with E-state index in [2.05, 4.69) is 59.6 Å². The first-order chi connectivity index (χ1) is 10.7. The monoisotopic (exact) mass is 316 g/mol. The zero-order valence-electron chi connectivity index (χ0n) is 13.5. The van der Waals surface area contributed by atoms with E-state index in [4.69, 9.17) is 0 Å². The summed E-state index contributed by atoms with van der Waals surface area (Å²) in [6, 6.07) is 8.40. The quantitative estimate of drug-likeness (QED) is 0.635. The summed E-state index contributed by atoms with van der Waals surface area (Å²) in [4.78, 5) is 11.8. The number of aryl methyl sites for hydroxylation is 2. The molecule has 118 valence electrons. The van der Waals surface area contributed by atoms with Crippen molar-refractivity contribution in [2.75, 3.05) is 6.54 Å². The second-order valence-corrected chi connectivity index (χ2v) is 6.29. The maximum absolute atomic E-state index is 4.62. The molecule has 2 aromatic heterocycles. The Kier molecular flexibility index (Phi) is 6.40. The molecule has 2 rings (SSSR count). The molecule has 2 N–H and O–H groups in total. The number of rotatable bonds is 6. The van der Waals surface area contributed by atoms with Crippen molar-refractivity contribution in [1.82, 2.24) is 15.6 Å². The lowest BCUT2D eigenvalue weighted by Crippen LogP contribution is -2.36. The molecule has 2 heterocycles. The number of thiophene rings is 1. The average Bonchev–Trinajstić information content (AvgIpc) is 2.99. The van der Waals surface area contributed by atoms with Crippen LogP contribution in [0.3, 0.4) is 0 Å². The van der Waals surface area contributed by atoms with E-state index in [9.17, 15) is 0 Å². The number of pyridine rings is 1. The van der Waals surface area contributed by atoms with Gasteiger partial charge in [-0.3, -0.25) is 4.98 Å². The van der Waals surface area contributed by atoms with Crippen molar-refractivity contribution in [2.45, 2.75) is 40.3 Å². The van der Waals surface area contributed by atoms with Crippen LogP contribution in [-0.4, -0.2) is 17.5 Å². The highest BCUT2D eigenvalue weighted by Crippen LogP contribution is 2.16. The van der Waals surface area contributed by atoms with Crippen molar-refractivity contribution in [3.63, 3.8) is 0 Å². The lowest BCUT2D eigenvalue weighted by Gasteiger charge is -2.10. The molecule has 0 radical (unpaired) electrons. The van der Waals surface area contributed by atoms with Crippen LogP contribution in [0.4, 0.5) is 0 Å². The first-order valence-corrected chi connectivity index (χ1v) is 8.54. The van der Waals surface area contributed by atoms with Gasteiger partial charge in [0.1, 0.15) is 0 Å². The summed E-state index contributed by atoms with van der Waals surface area (Å²) >= 11 is 1.85. The van der Waals surface area contributed by atoms with Crippen LogP contribution in [0.25, 0.3) is 0 Å². The molecule has 0 unspecified atom stereocenters. The molecule has 5 heteroatoms. The van der Waals surface area contributed by atoms with Gasteiger partial charge in [0.15, 0.2) is 5.96 Å². The van der Waals surface area contributed by atoms with Crippen molar-refractivity contribution in [2.24, 2.45) is 4.99 Å². The van der Waals surface area contributed by atoms with Gasteiger partial charge < -0.3 is 10.6 Å². The van der Waals surface area contributed by atoms with E-state index in [1.807, 2.05) is 23.6 Å². The minimum atomic E-state index is 0.590. The van der Waals surface area contributed by atoms with Gasteiger partial charge in [0, 0.05) is 22.5 Å². The standard InChI is InChI=1S/C17H24N4S/c1-4-14-8-9-15(22-14)11-20-17(18-5-2)21-12-16-13(3)7-6-10-19-16/h6-10H,4-5,11-12H2,1-3H3,(H2,18,20,21). The Morgan fingerprint density at radius 1 is 1.18 bits per heavy atom. The van der Waals surface area contributed by atoms with Crippen molar-refractivity contribution >= 4 is 17.3 Å². The highest BCUT2D eigenvalue weighted by atomic mass is 32.1. The molecule has 4 nitrogen and oxygen atoms in total. The largest absolute Gasteiger partial charge is 0.357 e. The molecular weight excluding hydrogens is 292 g/mol. The van der Waals surface area contributed by atoms with Gasteiger partial charge in [-0.1, -0.05) is 13.0 Å². The molecule has 0 aliphatic heterocycles. The second-order valence-electron chi connectivity index (χ2n) is 5.04. The van der Waals surface area contributed by atoms with Crippen LogP contribution in [0.1, 0.15) is 34.9 Å². The summed E-state index contributed by atoms with van der Waals surface area (Å²) in [5.41, 5.74) is 2.19. The fraction of sp³-hybridized carbons (Fsp3) is 0.412. The van der Waals surface area contributed by atoms with Gasteiger partial charge in [-0.25, -0.2) is 4.99 Å². The molecule has 0 aliphatic rings. The third-order valence-corrected chi connectivity index (χ3v) is 4.57. The number of aliphatic imine (C=N–C) groups is 1. The summed E-state index contributed by atoms with van der Waals surface area (Å²) in [5.74, 6) is 0.832. The van der Waals surface area contributed by atoms with Crippen LogP contribution in [-0.2, 0) is 19.5 Å². The predicted molar refractivity (Wildman–Crippen MR) is 94.3 cm³/mol. The molecule has 0 fully saturated rings. The van der Waals surface area contributed by atoms with E-state index >= 15 is 0 Å². The van der Waals surface area contributed by atoms with Gasteiger partial charge in [-0.05, 0) is 44.0 Å². The lowest BCUT2D eigenvalue weighted by molar-refractivity contribution is 0.817. The maximum Gasteiger partial charge on any atom is 0.191 e. The van der Waals surface area contributed by atoms with Crippen LogP contribution in [0.15, 0.2) is 35.5 Å². The minimum Gasteiger partial charge on any atom is -0.357 e. The first kappa shape index (κ1) is 16.5. The average molecular weight is 316 g/mol. The minimum absolute atomic E-state index is 0.590. The molecule has 0 aliphatic carbocycles. The fourth-order valence-electron chi connectivity index (χ4n) is 2.06. The summed E-state index contributed by atoms with van der Waals surface area (Å²) in [5, 5.41) is 6.66. The van der Waals surface area contributed by atoms with Crippen LogP contribution >= 0.6 is 11.3 Å². The number of aromatic nitrogens is 1. The molecule has 2 aromatic rings. The van der Waals surface area contributed by atoms with Crippen molar-refractivity contribution in [1.29, 1.82) is 0 Å². The smallest absolute Gasteiger partial charge is 0.191 e. The summed E-state index contributed by atoms with van der Waals surface area (Å²) < 4.78 is 0. The third kappa shape index (κ3) is 4.84. The van der Waals surface area contributed by atoms with E-state index in [1.54, 1.807) is 0 Å². The number of guanidine groups is 1. The van der Waals surface area contributed by atoms with E-state index < -0.39 is 0 Å². The van der Waals surface area contributed by atoms with Gasteiger partial charge in [0.25, 0.3) is 0 Å². The summed E-state index contributed by atoms with van der Waals surface area (Å²) in [7, 11) is 0. The van der Waals surface area contributed by atoms with E-state index in [-0.39, 0.29) is 0 Å². The van der Waals surface area contributed by atoms with Gasteiger partial charge in [-0.2, -0.15) is 0 Å². The molecule has 0 atom stereocenters. The summed E-state index contributed by atoms with van der Waals surface area (Å²) in [6.45, 7) is 8.56. The van der Waals surface area contributed by atoms with E-state index in [0.29, 0.717) is 6.54 Å². The maximum atomic E-state index is 4.62. The van der Waals surface area contributed by atoms with Gasteiger partial charge in [-0.15, -0.1) is 11.3 Å². The highest BCUT2D eigenvalue weighted by Gasteiger charge is 2.02. The van der Waals surface area contributed by atoms with Crippen molar-refractivity contribution < 1.29 is 0 Å². The van der Waals surface area contributed by atoms with Crippen LogP contribution < -0.4 is 10.6 Å². The lowest BCUT2D eigenvalue weighted by atomic mass is 10.2. The van der Waals surface area contributed by atoms with Crippen molar-refractivity contribution in [3.05, 3.63) is 51.5 Å². The molecule has 0 aromatic carbocycles. The Morgan fingerprint density at radius 2 is 2.00 bits per heavy atom. The van der Waals surface area contributed by atoms with Gasteiger partial charge in [0.05, 0.1) is 18.8 Å². The molecule has 0 saturated heterocycles. The molecule has 0 spiro atoms. The van der Waals surface area contributed by atoms with E-state index in [1.165, 1.54) is 15.3 Å². The number of nitrogens with zero attached hydrogens (tertiary/aromatic N) is 2. The second kappa shape index (κ2) is 8.54. The summed E-state index contributed by atoms with van der Waals surface area (Å²) in [6.07, 6.45) is 2.91.